The summed E-state index contributed by atoms with van der Waals surface area (Å²) < 4.78 is 0. The monoisotopic (exact) mass is 251 g/mol. The van der Waals surface area contributed by atoms with E-state index in [1.807, 2.05) is 0 Å². The topological polar surface area (TPSA) is 12.0 Å². The van der Waals surface area contributed by atoms with Crippen molar-refractivity contribution in [3.05, 3.63) is 0 Å². The number of hydrogen-bond donors (Lipinski definition) is 1. The molecule has 0 radical (unpaired) electrons. The second-order valence-electron chi connectivity index (χ2n) is 5.26. The Bertz CT molecular complexity index is 192. The third kappa shape index (κ3) is 12.0. The molecule has 0 aromatic heterocycles. The predicted octanol–water partition coefficient (Wildman–Crippen LogP) is 4.91. The highest BCUT2D eigenvalue weighted by Crippen LogP contribution is 2.12. The lowest BCUT2D eigenvalue weighted by Gasteiger charge is -2.17. The van der Waals surface area contributed by atoms with Gasteiger partial charge in [-0.3, -0.25) is 0 Å². The molecule has 0 saturated carbocycles. The van der Waals surface area contributed by atoms with E-state index in [4.69, 9.17) is 6.42 Å². The molecule has 1 N–H and O–H groups in total. The molecule has 0 spiro atoms. The molecule has 0 bridgehead atoms. The van der Waals surface area contributed by atoms with Crippen LogP contribution in [0, 0.1) is 12.3 Å². The van der Waals surface area contributed by atoms with Gasteiger partial charge in [0, 0.05) is 12.5 Å². The first kappa shape index (κ1) is 17.5. The van der Waals surface area contributed by atoms with Gasteiger partial charge in [0.05, 0.1) is 0 Å². The summed E-state index contributed by atoms with van der Waals surface area (Å²) >= 11 is 0. The number of terminal acetylenes is 1. The van der Waals surface area contributed by atoms with Gasteiger partial charge in [-0.05, 0) is 25.8 Å². The number of nitrogens with one attached hydrogen (secondary N) is 1. The van der Waals surface area contributed by atoms with E-state index in [1.165, 1.54) is 64.2 Å². The maximum absolute atomic E-state index is 5.30. The largest absolute Gasteiger partial charge is 0.314 e. The quantitative estimate of drug-likeness (QED) is 0.362. The Balaban J connectivity index is 3.42. The second-order valence-corrected chi connectivity index (χ2v) is 5.26. The van der Waals surface area contributed by atoms with Crippen molar-refractivity contribution >= 4 is 0 Å². The van der Waals surface area contributed by atoms with Crippen LogP contribution >= 0.6 is 0 Å². The summed E-state index contributed by atoms with van der Waals surface area (Å²) in [5, 5.41) is 3.58. The van der Waals surface area contributed by atoms with Crippen LogP contribution in [0.15, 0.2) is 0 Å². The lowest BCUT2D eigenvalue weighted by molar-refractivity contribution is 0.430. The first-order valence-corrected chi connectivity index (χ1v) is 8.02. The summed E-state index contributed by atoms with van der Waals surface area (Å²) in [5.74, 6) is 2.73. The Morgan fingerprint density at radius 3 is 2.11 bits per heavy atom. The molecule has 0 fully saturated rings. The van der Waals surface area contributed by atoms with Gasteiger partial charge in [0.1, 0.15) is 0 Å². The molecule has 0 saturated heterocycles. The van der Waals surface area contributed by atoms with Crippen molar-refractivity contribution in [2.24, 2.45) is 0 Å². The molecule has 1 nitrogen and oxygen atoms in total. The molecule has 0 aliphatic heterocycles. The predicted molar refractivity (Wildman–Crippen MR) is 82.8 cm³/mol. The molecular formula is C17H33N. The summed E-state index contributed by atoms with van der Waals surface area (Å²) in [5.41, 5.74) is 0. The van der Waals surface area contributed by atoms with Gasteiger partial charge in [-0.1, -0.05) is 58.8 Å². The molecule has 0 aromatic carbocycles. The number of hydrogen-bond acceptors (Lipinski definition) is 1. The van der Waals surface area contributed by atoms with Crippen LogP contribution in [0.2, 0.25) is 0 Å². The zero-order valence-corrected chi connectivity index (χ0v) is 12.6. The standard InChI is InChI=1S/C17H33N/c1-4-7-9-10-11-12-14-16-17(18-6-3)15-13-8-5-2/h2,17-18H,4,6-16H2,1,3H3. The lowest BCUT2D eigenvalue weighted by atomic mass is 10.0. The van der Waals surface area contributed by atoms with E-state index < -0.39 is 0 Å². The van der Waals surface area contributed by atoms with Gasteiger partial charge < -0.3 is 5.32 Å². The highest BCUT2D eigenvalue weighted by atomic mass is 14.9. The van der Waals surface area contributed by atoms with Crippen LogP contribution in [0.1, 0.15) is 84.5 Å². The molecule has 0 aromatic rings. The van der Waals surface area contributed by atoms with Crippen molar-refractivity contribution in [3.63, 3.8) is 0 Å². The second kappa shape index (κ2) is 14.6. The summed E-state index contributed by atoms with van der Waals surface area (Å²) in [6.07, 6.45) is 19.8. The number of rotatable bonds is 13. The molecule has 1 heteroatoms. The molecule has 0 aliphatic rings. The van der Waals surface area contributed by atoms with Crippen molar-refractivity contribution in [1.82, 2.24) is 5.32 Å². The van der Waals surface area contributed by atoms with Gasteiger partial charge in [-0.25, -0.2) is 0 Å². The third-order valence-electron chi connectivity index (χ3n) is 3.52. The molecule has 1 unspecified atom stereocenters. The van der Waals surface area contributed by atoms with E-state index in [9.17, 15) is 0 Å². The Kier molecular flexibility index (Phi) is 14.2. The Morgan fingerprint density at radius 2 is 1.50 bits per heavy atom. The zero-order valence-electron chi connectivity index (χ0n) is 12.6. The lowest BCUT2D eigenvalue weighted by Crippen LogP contribution is -2.28. The minimum Gasteiger partial charge on any atom is -0.314 e. The van der Waals surface area contributed by atoms with E-state index in [2.05, 4.69) is 25.1 Å². The summed E-state index contributed by atoms with van der Waals surface area (Å²) in [6.45, 7) is 5.55. The maximum atomic E-state index is 5.30. The van der Waals surface area contributed by atoms with Gasteiger partial charge in [0.15, 0.2) is 0 Å². The van der Waals surface area contributed by atoms with E-state index in [0.29, 0.717) is 6.04 Å². The molecule has 18 heavy (non-hydrogen) atoms. The summed E-state index contributed by atoms with van der Waals surface area (Å²) in [4.78, 5) is 0. The molecule has 0 amide bonds. The van der Waals surface area contributed by atoms with Gasteiger partial charge in [0.25, 0.3) is 0 Å². The van der Waals surface area contributed by atoms with Gasteiger partial charge in [0.2, 0.25) is 0 Å². The molecule has 0 rings (SSSR count). The van der Waals surface area contributed by atoms with Crippen LogP contribution in [0.5, 0.6) is 0 Å². The van der Waals surface area contributed by atoms with E-state index in [-0.39, 0.29) is 0 Å². The minimum absolute atomic E-state index is 0.694. The smallest absolute Gasteiger partial charge is 0.00866 e. The van der Waals surface area contributed by atoms with E-state index >= 15 is 0 Å². The van der Waals surface area contributed by atoms with Gasteiger partial charge in [-0.15, -0.1) is 12.3 Å². The molecule has 1 atom stereocenters. The normalized spacial score (nSPS) is 12.3. The SMILES string of the molecule is C#CCCCC(CCCCCCCCC)NCC. The zero-order chi connectivity index (χ0) is 13.5. The summed E-state index contributed by atoms with van der Waals surface area (Å²) in [6, 6.07) is 0.694. The Labute approximate surface area is 115 Å². The van der Waals surface area contributed by atoms with Crippen molar-refractivity contribution in [1.29, 1.82) is 0 Å². The molecular weight excluding hydrogens is 218 g/mol. The molecule has 0 aliphatic carbocycles. The van der Waals surface area contributed by atoms with Crippen LogP contribution in [0.3, 0.4) is 0 Å². The molecule has 0 heterocycles. The van der Waals surface area contributed by atoms with Gasteiger partial charge >= 0.3 is 0 Å². The molecule has 106 valence electrons. The van der Waals surface area contributed by atoms with E-state index in [1.54, 1.807) is 0 Å². The Hall–Kier alpha value is -0.480. The van der Waals surface area contributed by atoms with Crippen molar-refractivity contribution < 1.29 is 0 Å². The van der Waals surface area contributed by atoms with Crippen LogP contribution in [-0.2, 0) is 0 Å². The van der Waals surface area contributed by atoms with Crippen molar-refractivity contribution in [2.75, 3.05) is 6.54 Å². The van der Waals surface area contributed by atoms with Crippen LogP contribution < -0.4 is 5.32 Å². The fourth-order valence-corrected chi connectivity index (χ4v) is 2.44. The fraction of sp³-hybridized carbons (Fsp3) is 0.882. The Morgan fingerprint density at radius 1 is 0.889 bits per heavy atom. The average Bonchev–Trinajstić information content (AvgIpc) is 2.38. The van der Waals surface area contributed by atoms with Crippen molar-refractivity contribution in [2.45, 2.75) is 90.5 Å². The first-order valence-electron chi connectivity index (χ1n) is 8.02. The fourth-order valence-electron chi connectivity index (χ4n) is 2.44. The van der Waals surface area contributed by atoms with E-state index in [0.717, 1.165) is 13.0 Å². The van der Waals surface area contributed by atoms with Crippen LogP contribution in [0.4, 0.5) is 0 Å². The summed E-state index contributed by atoms with van der Waals surface area (Å²) in [7, 11) is 0. The highest BCUT2D eigenvalue weighted by Gasteiger charge is 2.05. The van der Waals surface area contributed by atoms with Crippen LogP contribution in [-0.4, -0.2) is 12.6 Å². The van der Waals surface area contributed by atoms with Crippen molar-refractivity contribution in [3.8, 4) is 12.3 Å². The van der Waals surface area contributed by atoms with Gasteiger partial charge in [-0.2, -0.15) is 0 Å². The van der Waals surface area contributed by atoms with Crippen LogP contribution in [0.25, 0.3) is 0 Å². The third-order valence-corrected chi connectivity index (χ3v) is 3.52. The average molecular weight is 251 g/mol. The number of unbranched alkanes of at least 4 members (excludes halogenated alkanes) is 7. The minimum atomic E-state index is 0.694. The first-order chi connectivity index (χ1) is 8.85. The highest BCUT2D eigenvalue weighted by molar-refractivity contribution is 4.83. The maximum Gasteiger partial charge on any atom is 0.00866 e.